The molecular weight excluding hydrogens is 339 g/mol. The fourth-order valence-electron chi connectivity index (χ4n) is 3.19. The molecule has 1 aliphatic rings. The quantitative estimate of drug-likeness (QED) is 0.783. The van der Waals surface area contributed by atoms with Crippen LogP contribution in [0, 0.1) is 5.82 Å². The molecule has 6 heteroatoms. The first kappa shape index (κ1) is 16.1. The minimum Gasteiger partial charge on any atom is -0.312 e. The molecule has 2 aromatic carbocycles. The SMILES string of the molecule is O=S(=O)(c1cccc(F)c1)n1cc(C2=CCCNC2)c2ccccc21. The summed E-state index contributed by atoms with van der Waals surface area (Å²) in [6.07, 6.45) is 4.69. The van der Waals surface area contributed by atoms with Gasteiger partial charge in [0, 0.05) is 23.7 Å². The largest absolute Gasteiger partial charge is 0.312 e. The van der Waals surface area contributed by atoms with Crippen LogP contribution in [0.4, 0.5) is 4.39 Å². The highest BCUT2D eigenvalue weighted by Crippen LogP contribution is 2.31. The molecule has 0 unspecified atom stereocenters. The molecule has 1 aliphatic heterocycles. The van der Waals surface area contributed by atoms with Gasteiger partial charge in [0.15, 0.2) is 0 Å². The maximum absolute atomic E-state index is 13.5. The van der Waals surface area contributed by atoms with Crippen molar-refractivity contribution in [2.75, 3.05) is 13.1 Å². The lowest BCUT2D eigenvalue weighted by atomic mass is 10.0. The molecule has 3 aromatic rings. The van der Waals surface area contributed by atoms with Crippen molar-refractivity contribution in [2.24, 2.45) is 0 Å². The fraction of sp³-hybridized carbons (Fsp3) is 0.158. The molecule has 0 spiro atoms. The molecule has 2 heterocycles. The maximum atomic E-state index is 13.5. The number of aromatic nitrogens is 1. The molecule has 0 amide bonds. The van der Waals surface area contributed by atoms with E-state index in [1.807, 2.05) is 12.1 Å². The number of para-hydroxylation sites is 1. The van der Waals surface area contributed by atoms with Crippen LogP contribution in [0.1, 0.15) is 12.0 Å². The van der Waals surface area contributed by atoms with Crippen LogP contribution in [0.15, 0.2) is 65.7 Å². The van der Waals surface area contributed by atoms with Gasteiger partial charge in [0.05, 0.1) is 10.4 Å². The second-order valence-corrected chi connectivity index (χ2v) is 7.83. The smallest absolute Gasteiger partial charge is 0.268 e. The van der Waals surface area contributed by atoms with E-state index in [2.05, 4.69) is 11.4 Å². The number of hydrogen-bond acceptors (Lipinski definition) is 3. The van der Waals surface area contributed by atoms with Crippen LogP contribution in [-0.4, -0.2) is 25.5 Å². The van der Waals surface area contributed by atoms with Crippen molar-refractivity contribution >= 4 is 26.5 Å². The van der Waals surface area contributed by atoms with Gasteiger partial charge in [-0.25, -0.2) is 16.8 Å². The number of fused-ring (bicyclic) bond motifs is 1. The number of hydrogen-bond donors (Lipinski definition) is 1. The van der Waals surface area contributed by atoms with Gasteiger partial charge in [0.1, 0.15) is 5.82 Å². The zero-order chi connectivity index (χ0) is 17.4. The molecule has 1 aromatic heterocycles. The highest BCUT2D eigenvalue weighted by Gasteiger charge is 2.23. The standard InChI is InChI=1S/C19H17FN2O2S/c20-15-6-3-7-16(11-15)25(23,24)22-13-18(14-5-4-10-21-12-14)17-8-1-2-9-19(17)22/h1-3,5-9,11,13,21H,4,10,12H2. The summed E-state index contributed by atoms with van der Waals surface area (Å²) in [7, 11) is -3.88. The van der Waals surface area contributed by atoms with E-state index in [4.69, 9.17) is 0 Å². The number of nitrogens with zero attached hydrogens (tertiary/aromatic N) is 1. The van der Waals surface area contributed by atoms with Gasteiger partial charge in [-0.2, -0.15) is 0 Å². The van der Waals surface area contributed by atoms with E-state index >= 15 is 0 Å². The summed E-state index contributed by atoms with van der Waals surface area (Å²) in [5, 5.41) is 4.18. The second-order valence-electron chi connectivity index (χ2n) is 6.01. The normalized spacial score (nSPS) is 15.3. The van der Waals surface area contributed by atoms with Crippen molar-refractivity contribution in [1.29, 1.82) is 0 Å². The first-order valence-electron chi connectivity index (χ1n) is 8.09. The number of rotatable bonds is 3. The third-order valence-corrected chi connectivity index (χ3v) is 6.07. The van der Waals surface area contributed by atoms with Crippen molar-refractivity contribution in [3.8, 4) is 0 Å². The number of halogens is 1. The average molecular weight is 356 g/mol. The van der Waals surface area contributed by atoms with Crippen molar-refractivity contribution in [2.45, 2.75) is 11.3 Å². The Morgan fingerprint density at radius 2 is 1.92 bits per heavy atom. The van der Waals surface area contributed by atoms with Gasteiger partial charge in [0.2, 0.25) is 0 Å². The van der Waals surface area contributed by atoms with E-state index in [1.54, 1.807) is 18.3 Å². The predicted molar refractivity (Wildman–Crippen MR) is 96.4 cm³/mol. The molecule has 0 fully saturated rings. The Labute approximate surface area is 145 Å². The molecule has 128 valence electrons. The minimum atomic E-state index is -3.88. The Balaban J connectivity index is 1.95. The van der Waals surface area contributed by atoms with Crippen molar-refractivity contribution in [3.05, 3.63) is 72.2 Å². The number of benzene rings is 2. The number of nitrogens with one attached hydrogen (secondary N) is 1. The highest BCUT2D eigenvalue weighted by atomic mass is 32.2. The van der Waals surface area contributed by atoms with Gasteiger partial charge in [0.25, 0.3) is 10.0 Å². The van der Waals surface area contributed by atoms with Crippen molar-refractivity contribution < 1.29 is 12.8 Å². The predicted octanol–water partition coefficient (Wildman–Crippen LogP) is 3.39. The van der Waals surface area contributed by atoms with Gasteiger partial charge >= 0.3 is 0 Å². The summed E-state index contributed by atoms with van der Waals surface area (Å²) in [4.78, 5) is -0.0597. The van der Waals surface area contributed by atoms with Gasteiger partial charge in [-0.3, -0.25) is 0 Å². The monoisotopic (exact) mass is 356 g/mol. The summed E-state index contributed by atoms with van der Waals surface area (Å²) >= 11 is 0. The Kier molecular flexibility index (Phi) is 3.94. The summed E-state index contributed by atoms with van der Waals surface area (Å²) in [5.74, 6) is -0.572. The molecule has 0 radical (unpaired) electrons. The molecule has 0 aliphatic carbocycles. The van der Waals surface area contributed by atoms with Crippen LogP contribution in [0.25, 0.3) is 16.5 Å². The van der Waals surface area contributed by atoms with Crippen molar-refractivity contribution in [1.82, 2.24) is 9.29 Å². The van der Waals surface area contributed by atoms with Crippen LogP contribution in [0.5, 0.6) is 0 Å². The van der Waals surface area contributed by atoms with Crippen molar-refractivity contribution in [3.63, 3.8) is 0 Å². The van der Waals surface area contributed by atoms with Gasteiger partial charge in [-0.1, -0.05) is 30.3 Å². The van der Waals surface area contributed by atoms with Gasteiger partial charge in [-0.05, 0) is 42.8 Å². The molecule has 0 bridgehead atoms. The van der Waals surface area contributed by atoms with Crippen LogP contribution < -0.4 is 5.32 Å². The van der Waals surface area contributed by atoms with Crippen LogP contribution in [0.3, 0.4) is 0 Å². The fourth-order valence-corrected chi connectivity index (χ4v) is 4.60. The summed E-state index contributed by atoms with van der Waals surface area (Å²) in [6.45, 7) is 1.62. The Morgan fingerprint density at radius 1 is 1.08 bits per heavy atom. The van der Waals surface area contributed by atoms with E-state index in [0.29, 0.717) is 12.1 Å². The molecule has 0 atom stereocenters. The Bertz CT molecular complexity index is 1080. The third-order valence-electron chi connectivity index (χ3n) is 4.40. The van der Waals surface area contributed by atoms with E-state index < -0.39 is 15.8 Å². The topological polar surface area (TPSA) is 51.1 Å². The van der Waals surface area contributed by atoms with Gasteiger partial charge < -0.3 is 5.32 Å². The zero-order valence-corrected chi connectivity index (χ0v) is 14.3. The summed E-state index contributed by atoms with van der Waals surface area (Å²) < 4.78 is 40.9. The third kappa shape index (κ3) is 2.77. The first-order valence-corrected chi connectivity index (χ1v) is 9.53. The summed E-state index contributed by atoms with van der Waals surface area (Å²) in [6, 6.07) is 12.5. The lowest BCUT2D eigenvalue weighted by Gasteiger charge is -2.13. The molecule has 4 nitrogen and oxygen atoms in total. The molecule has 0 saturated carbocycles. The van der Waals surface area contributed by atoms with Gasteiger partial charge in [-0.15, -0.1) is 0 Å². The zero-order valence-electron chi connectivity index (χ0n) is 13.4. The maximum Gasteiger partial charge on any atom is 0.268 e. The molecule has 1 N–H and O–H groups in total. The molecule has 4 rings (SSSR count). The first-order chi connectivity index (χ1) is 12.1. The molecule has 0 saturated heterocycles. The summed E-state index contributed by atoms with van der Waals surface area (Å²) in [5.41, 5.74) is 2.56. The lowest BCUT2D eigenvalue weighted by Crippen LogP contribution is -2.21. The lowest BCUT2D eigenvalue weighted by molar-refractivity contribution is 0.584. The van der Waals surface area contributed by atoms with Crippen LogP contribution >= 0.6 is 0 Å². The minimum absolute atomic E-state index is 0.0597. The average Bonchev–Trinajstić information content (AvgIpc) is 3.03. The molecule has 25 heavy (non-hydrogen) atoms. The molecular formula is C19H17FN2O2S. The Hall–Kier alpha value is -2.44. The highest BCUT2D eigenvalue weighted by molar-refractivity contribution is 7.90. The van der Waals surface area contributed by atoms with E-state index in [-0.39, 0.29) is 4.90 Å². The Morgan fingerprint density at radius 3 is 2.68 bits per heavy atom. The van der Waals surface area contributed by atoms with E-state index in [1.165, 1.54) is 22.2 Å². The van der Waals surface area contributed by atoms with Crippen LogP contribution in [-0.2, 0) is 10.0 Å². The van der Waals surface area contributed by atoms with E-state index in [9.17, 15) is 12.8 Å². The van der Waals surface area contributed by atoms with Crippen LogP contribution in [0.2, 0.25) is 0 Å². The second kappa shape index (κ2) is 6.13. The van der Waals surface area contributed by atoms with E-state index in [0.717, 1.165) is 35.6 Å².